The van der Waals surface area contributed by atoms with Crippen molar-refractivity contribution in [2.75, 3.05) is 5.32 Å². The van der Waals surface area contributed by atoms with E-state index in [1.165, 1.54) is 5.01 Å². The number of carbonyl (C=O) groups excluding carboxylic acids is 2. The number of fused-ring (bicyclic) bond motifs is 1. The first-order valence-electron chi connectivity index (χ1n) is 8.31. The number of hydrogen-bond donors (Lipinski definition) is 2. The quantitative estimate of drug-likeness (QED) is 0.859. The molecule has 6 heteroatoms. The van der Waals surface area contributed by atoms with Crippen LogP contribution in [0.2, 0.25) is 5.02 Å². The van der Waals surface area contributed by atoms with Crippen molar-refractivity contribution in [3.8, 4) is 0 Å². The fourth-order valence-electron chi connectivity index (χ4n) is 2.89. The molecule has 5 nitrogen and oxygen atoms in total. The standard InChI is InChI=1S/C19H20ClN3O2/c1-2-6-17-21-16-10-9-14(20)12-15(16)19(25)23(17)22-18(24)11-13-7-4-3-5-8-13/h3-5,7-10,12,17,21H,2,6,11H2,1H3,(H,22,24). The van der Waals surface area contributed by atoms with Gasteiger partial charge in [0, 0.05) is 10.7 Å². The summed E-state index contributed by atoms with van der Waals surface area (Å²) in [6.07, 6.45) is 1.52. The van der Waals surface area contributed by atoms with Crippen molar-refractivity contribution in [2.45, 2.75) is 32.4 Å². The van der Waals surface area contributed by atoms with E-state index in [4.69, 9.17) is 11.6 Å². The third-order valence-corrected chi connectivity index (χ3v) is 4.31. The van der Waals surface area contributed by atoms with Crippen molar-refractivity contribution < 1.29 is 9.59 Å². The van der Waals surface area contributed by atoms with Crippen LogP contribution in [0, 0.1) is 0 Å². The minimum absolute atomic E-state index is 0.214. The highest BCUT2D eigenvalue weighted by atomic mass is 35.5. The van der Waals surface area contributed by atoms with Crippen LogP contribution in [-0.2, 0) is 11.2 Å². The summed E-state index contributed by atoms with van der Waals surface area (Å²) in [5.41, 5.74) is 4.84. The van der Waals surface area contributed by atoms with Gasteiger partial charge in [-0.3, -0.25) is 15.0 Å². The van der Waals surface area contributed by atoms with Crippen LogP contribution in [0.1, 0.15) is 35.7 Å². The molecule has 0 aliphatic carbocycles. The summed E-state index contributed by atoms with van der Waals surface area (Å²) in [6, 6.07) is 14.6. The average Bonchev–Trinajstić information content (AvgIpc) is 2.60. The Morgan fingerprint density at radius 2 is 2.00 bits per heavy atom. The van der Waals surface area contributed by atoms with E-state index in [1.54, 1.807) is 18.2 Å². The lowest BCUT2D eigenvalue weighted by atomic mass is 10.1. The summed E-state index contributed by atoms with van der Waals surface area (Å²) in [5, 5.41) is 5.17. The van der Waals surface area contributed by atoms with Gasteiger partial charge in [0.25, 0.3) is 5.91 Å². The predicted octanol–water partition coefficient (Wildman–Crippen LogP) is 3.61. The minimum atomic E-state index is -0.286. The zero-order chi connectivity index (χ0) is 17.8. The molecular formula is C19H20ClN3O2. The Balaban J connectivity index is 1.79. The van der Waals surface area contributed by atoms with Crippen molar-refractivity contribution in [3.05, 3.63) is 64.7 Å². The van der Waals surface area contributed by atoms with E-state index < -0.39 is 0 Å². The number of halogens is 1. The zero-order valence-corrected chi connectivity index (χ0v) is 14.7. The lowest BCUT2D eigenvalue weighted by molar-refractivity contribution is -0.125. The first-order chi connectivity index (χ1) is 12.1. The van der Waals surface area contributed by atoms with Gasteiger partial charge in [0.1, 0.15) is 6.17 Å². The number of carbonyl (C=O) groups is 2. The number of rotatable bonds is 5. The summed E-state index contributed by atoms with van der Waals surface area (Å²) in [6.45, 7) is 2.04. The molecule has 2 amide bonds. The van der Waals surface area contributed by atoms with Gasteiger partial charge in [-0.15, -0.1) is 0 Å². The fourth-order valence-corrected chi connectivity index (χ4v) is 3.07. The minimum Gasteiger partial charge on any atom is -0.363 e. The second kappa shape index (κ2) is 7.57. The van der Waals surface area contributed by atoms with Gasteiger partial charge >= 0.3 is 0 Å². The molecule has 0 saturated carbocycles. The molecule has 2 aromatic carbocycles. The summed E-state index contributed by atoms with van der Waals surface area (Å²) >= 11 is 6.01. The van der Waals surface area contributed by atoms with Crippen LogP contribution in [0.4, 0.5) is 5.69 Å². The third kappa shape index (κ3) is 3.94. The molecular weight excluding hydrogens is 338 g/mol. The Morgan fingerprint density at radius 3 is 2.72 bits per heavy atom. The normalized spacial score (nSPS) is 16.2. The van der Waals surface area contributed by atoms with E-state index in [-0.39, 0.29) is 24.4 Å². The molecule has 1 aliphatic heterocycles. The summed E-state index contributed by atoms with van der Waals surface area (Å²) in [7, 11) is 0. The van der Waals surface area contributed by atoms with Crippen molar-refractivity contribution in [3.63, 3.8) is 0 Å². The van der Waals surface area contributed by atoms with Crippen molar-refractivity contribution in [2.24, 2.45) is 0 Å². The molecule has 0 fully saturated rings. The van der Waals surface area contributed by atoms with E-state index in [1.807, 2.05) is 37.3 Å². The molecule has 1 aliphatic rings. The van der Waals surface area contributed by atoms with Gasteiger partial charge in [0.15, 0.2) is 0 Å². The highest BCUT2D eigenvalue weighted by Crippen LogP contribution is 2.28. The monoisotopic (exact) mass is 357 g/mol. The highest BCUT2D eigenvalue weighted by Gasteiger charge is 2.32. The lowest BCUT2D eigenvalue weighted by Crippen LogP contribution is -2.57. The summed E-state index contributed by atoms with van der Waals surface area (Å²) in [5.74, 6) is -0.482. The van der Waals surface area contributed by atoms with Crippen molar-refractivity contribution in [1.82, 2.24) is 10.4 Å². The smallest absolute Gasteiger partial charge is 0.276 e. The average molecular weight is 358 g/mol. The Kier molecular flexibility index (Phi) is 5.24. The molecule has 2 aromatic rings. The Hall–Kier alpha value is -2.53. The first-order valence-corrected chi connectivity index (χ1v) is 8.69. The molecule has 1 unspecified atom stereocenters. The lowest BCUT2D eigenvalue weighted by Gasteiger charge is -2.37. The maximum atomic E-state index is 12.9. The molecule has 1 heterocycles. The number of anilines is 1. The Bertz CT molecular complexity index is 779. The van der Waals surface area contributed by atoms with Gasteiger partial charge in [0.05, 0.1) is 12.0 Å². The highest BCUT2D eigenvalue weighted by molar-refractivity contribution is 6.31. The van der Waals surface area contributed by atoms with Gasteiger partial charge in [-0.05, 0) is 30.2 Å². The molecule has 25 heavy (non-hydrogen) atoms. The van der Waals surface area contributed by atoms with Crippen molar-refractivity contribution in [1.29, 1.82) is 0 Å². The fraction of sp³-hybridized carbons (Fsp3) is 0.263. The van der Waals surface area contributed by atoms with E-state index in [2.05, 4.69) is 10.7 Å². The largest absolute Gasteiger partial charge is 0.363 e. The molecule has 0 aromatic heterocycles. The van der Waals surface area contributed by atoms with E-state index >= 15 is 0 Å². The van der Waals surface area contributed by atoms with Crippen LogP contribution in [-0.4, -0.2) is 23.0 Å². The maximum absolute atomic E-state index is 12.9. The topological polar surface area (TPSA) is 61.4 Å². The number of nitrogens with one attached hydrogen (secondary N) is 2. The van der Waals surface area contributed by atoms with Gasteiger partial charge < -0.3 is 5.32 Å². The molecule has 0 spiro atoms. The SMILES string of the molecule is CCCC1Nc2ccc(Cl)cc2C(=O)N1NC(=O)Cc1ccccc1. The third-order valence-electron chi connectivity index (χ3n) is 4.08. The second-order valence-corrected chi connectivity index (χ2v) is 6.45. The van der Waals surface area contributed by atoms with E-state index in [0.717, 1.165) is 24.1 Å². The number of hydrazine groups is 1. The first kappa shape index (κ1) is 17.3. The number of nitrogens with zero attached hydrogens (tertiary/aromatic N) is 1. The number of amides is 2. The summed E-state index contributed by atoms with van der Waals surface area (Å²) in [4.78, 5) is 25.3. The zero-order valence-electron chi connectivity index (χ0n) is 14.0. The summed E-state index contributed by atoms with van der Waals surface area (Å²) < 4.78 is 0. The molecule has 130 valence electrons. The number of benzene rings is 2. The molecule has 0 radical (unpaired) electrons. The van der Waals surface area contributed by atoms with Crippen molar-refractivity contribution >= 4 is 29.1 Å². The predicted molar refractivity (Wildman–Crippen MR) is 98.2 cm³/mol. The Labute approximate surface area is 151 Å². The van der Waals surface area contributed by atoms with Gasteiger partial charge in [-0.2, -0.15) is 0 Å². The Morgan fingerprint density at radius 1 is 1.24 bits per heavy atom. The van der Waals surface area contributed by atoms with Gasteiger partial charge in [-0.1, -0.05) is 55.3 Å². The second-order valence-electron chi connectivity index (χ2n) is 6.01. The van der Waals surface area contributed by atoms with Crippen LogP contribution in [0.15, 0.2) is 48.5 Å². The van der Waals surface area contributed by atoms with Gasteiger partial charge in [0.2, 0.25) is 5.91 Å². The van der Waals surface area contributed by atoms with Crippen LogP contribution in [0.5, 0.6) is 0 Å². The van der Waals surface area contributed by atoms with Crippen LogP contribution in [0.25, 0.3) is 0 Å². The van der Waals surface area contributed by atoms with Crippen LogP contribution < -0.4 is 10.7 Å². The molecule has 2 N–H and O–H groups in total. The van der Waals surface area contributed by atoms with Crippen LogP contribution in [0.3, 0.4) is 0 Å². The van der Waals surface area contributed by atoms with E-state index in [0.29, 0.717) is 10.6 Å². The molecule has 3 rings (SSSR count). The van der Waals surface area contributed by atoms with Gasteiger partial charge in [-0.25, -0.2) is 5.01 Å². The van der Waals surface area contributed by atoms with E-state index in [9.17, 15) is 9.59 Å². The maximum Gasteiger partial charge on any atom is 0.276 e. The molecule has 0 bridgehead atoms. The van der Waals surface area contributed by atoms with Crippen LogP contribution >= 0.6 is 11.6 Å². The molecule has 1 atom stereocenters. The number of hydrogen-bond acceptors (Lipinski definition) is 3. The molecule has 0 saturated heterocycles.